The van der Waals surface area contributed by atoms with E-state index in [1.807, 2.05) is 13.8 Å². The third kappa shape index (κ3) is 3.41. The second kappa shape index (κ2) is 7.49. The molecule has 0 atom stereocenters. The second-order valence-electron chi connectivity index (χ2n) is 6.94. The van der Waals surface area contributed by atoms with Crippen LogP contribution in [0.1, 0.15) is 22.6 Å². The third-order valence-corrected chi connectivity index (χ3v) is 6.50. The molecule has 30 heavy (non-hydrogen) atoms. The Hall–Kier alpha value is -3.33. The van der Waals surface area contributed by atoms with E-state index in [2.05, 4.69) is 10.3 Å². The quantitative estimate of drug-likeness (QED) is 0.462. The van der Waals surface area contributed by atoms with Crippen molar-refractivity contribution in [1.82, 2.24) is 14.3 Å². The topological polar surface area (TPSA) is 96.4 Å². The first kappa shape index (κ1) is 20.0. The molecule has 0 saturated carbocycles. The number of rotatable bonds is 6. The van der Waals surface area contributed by atoms with E-state index in [4.69, 9.17) is 14.0 Å². The lowest BCUT2D eigenvalue weighted by molar-refractivity contribution is 0.291. The van der Waals surface area contributed by atoms with Crippen molar-refractivity contribution in [3.05, 3.63) is 65.0 Å². The average Bonchev–Trinajstić information content (AvgIpc) is 3.26. The predicted molar refractivity (Wildman–Crippen MR) is 110 cm³/mol. The highest BCUT2D eigenvalue weighted by Gasteiger charge is 2.24. The molecule has 0 spiro atoms. The second-order valence-corrected chi connectivity index (χ2v) is 8.71. The van der Waals surface area contributed by atoms with Crippen molar-refractivity contribution in [2.75, 3.05) is 7.11 Å². The monoisotopic (exact) mass is 427 g/mol. The first-order valence-corrected chi connectivity index (χ1v) is 10.7. The Balaban J connectivity index is 1.82. The van der Waals surface area contributed by atoms with E-state index in [9.17, 15) is 8.42 Å². The normalized spacial score (nSPS) is 11.7. The SMILES string of the molecule is COc1ccc2c(c1)c(OCc1c(C)noc1C)nn2S(=O)(=O)c1ccc(C)cc1. The van der Waals surface area contributed by atoms with Crippen LogP contribution in [0.2, 0.25) is 0 Å². The molecular formula is C21H21N3O5S. The summed E-state index contributed by atoms with van der Waals surface area (Å²) in [5.41, 5.74) is 2.86. The van der Waals surface area contributed by atoms with Crippen LogP contribution in [0.3, 0.4) is 0 Å². The molecule has 9 heteroatoms. The largest absolute Gasteiger partial charge is 0.497 e. The van der Waals surface area contributed by atoms with Crippen LogP contribution in [-0.2, 0) is 16.6 Å². The molecule has 0 aliphatic heterocycles. The van der Waals surface area contributed by atoms with Gasteiger partial charge in [-0.15, -0.1) is 9.19 Å². The Morgan fingerprint density at radius 2 is 1.80 bits per heavy atom. The van der Waals surface area contributed by atoms with Crippen LogP contribution in [0.25, 0.3) is 10.9 Å². The van der Waals surface area contributed by atoms with Gasteiger partial charge in [0.1, 0.15) is 18.1 Å². The van der Waals surface area contributed by atoms with E-state index in [-0.39, 0.29) is 17.4 Å². The van der Waals surface area contributed by atoms with Crippen LogP contribution in [0.5, 0.6) is 11.6 Å². The van der Waals surface area contributed by atoms with Gasteiger partial charge >= 0.3 is 0 Å². The molecule has 2 aromatic carbocycles. The highest BCUT2D eigenvalue weighted by atomic mass is 32.2. The number of ether oxygens (including phenoxy) is 2. The number of nitrogens with zero attached hydrogens (tertiary/aromatic N) is 3. The summed E-state index contributed by atoms with van der Waals surface area (Å²) in [5.74, 6) is 1.39. The minimum Gasteiger partial charge on any atom is -0.497 e. The van der Waals surface area contributed by atoms with Gasteiger partial charge in [0.25, 0.3) is 10.0 Å². The molecule has 2 heterocycles. The fraction of sp³-hybridized carbons (Fsp3) is 0.238. The summed E-state index contributed by atoms with van der Waals surface area (Å²) >= 11 is 0. The number of aromatic nitrogens is 3. The zero-order valence-electron chi connectivity index (χ0n) is 17.0. The summed E-state index contributed by atoms with van der Waals surface area (Å²) in [7, 11) is -2.37. The van der Waals surface area contributed by atoms with Gasteiger partial charge in [0.05, 0.1) is 34.2 Å². The van der Waals surface area contributed by atoms with Gasteiger partial charge in [0.2, 0.25) is 5.88 Å². The lowest BCUT2D eigenvalue weighted by atomic mass is 10.2. The highest BCUT2D eigenvalue weighted by Crippen LogP contribution is 2.32. The van der Waals surface area contributed by atoms with E-state index in [1.54, 1.807) is 56.5 Å². The van der Waals surface area contributed by atoms with Crippen molar-refractivity contribution in [2.24, 2.45) is 0 Å². The first-order valence-electron chi connectivity index (χ1n) is 9.25. The number of aryl methyl sites for hydroxylation is 3. The smallest absolute Gasteiger partial charge is 0.283 e. The maximum absolute atomic E-state index is 13.3. The number of hydrogen-bond donors (Lipinski definition) is 0. The van der Waals surface area contributed by atoms with Gasteiger partial charge in [0.15, 0.2) is 0 Å². The summed E-state index contributed by atoms with van der Waals surface area (Å²) in [6, 6.07) is 11.6. The third-order valence-electron chi connectivity index (χ3n) is 4.90. The van der Waals surface area contributed by atoms with Crippen molar-refractivity contribution >= 4 is 20.9 Å². The van der Waals surface area contributed by atoms with Gasteiger partial charge in [-0.25, -0.2) is 0 Å². The average molecular weight is 427 g/mol. The van der Waals surface area contributed by atoms with E-state index < -0.39 is 10.0 Å². The Morgan fingerprint density at radius 3 is 2.43 bits per heavy atom. The molecular weight excluding hydrogens is 406 g/mol. The van der Waals surface area contributed by atoms with E-state index in [0.29, 0.717) is 28.1 Å². The maximum Gasteiger partial charge on any atom is 0.283 e. The summed E-state index contributed by atoms with van der Waals surface area (Å²) in [6.45, 7) is 5.65. The van der Waals surface area contributed by atoms with Gasteiger partial charge in [-0.2, -0.15) is 8.42 Å². The predicted octanol–water partition coefficient (Wildman–Crippen LogP) is 3.77. The molecule has 4 rings (SSSR count). The van der Waals surface area contributed by atoms with Crippen LogP contribution < -0.4 is 9.47 Å². The number of hydrogen-bond acceptors (Lipinski definition) is 7. The van der Waals surface area contributed by atoms with Crippen molar-refractivity contribution in [3.63, 3.8) is 0 Å². The van der Waals surface area contributed by atoms with Gasteiger partial charge in [-0.1, -0.05) is 22.9 Å². The van der Waals surface area contributed by atoms with E-state index >= 15 is 0 Å². The summed E-state index contributed by atoms with van der Waals surface area (Å²) in [4.78, 5) is 0.144. The molecule has 0 aliphatic rings. The van der Waals surface area contributed by atoms with Gasteiger partial charge in [0, 0.05) is 0 Å². The minimum atomic E-state index is -3.92. The number of methoxy groups -OCH3 is 1. The Morgan fingerprint density at radius 1 is 1.07 bits per heavy atom. The first-order chi connectivity index (χ1) is 14.3. The fourth-order valence-electron chi connectivity index (χ4n) is 3.12. The maximum atomic E-state index is 13.3. The molecule has 8 nitrogen and oxygen atoms in total. The Kier molecular flexibility index (Phi) is 4.98. The molecule has 0 aliphatic carbocycles. The lowest BCUT2D eigenvalue weighted by Crippen LogP contribution is -2.14. The van der Waals surface area contributed by atoms with Gasteiger partial charge < -0.3 is 14.0 Å². The van der Waals surface area contributed by atoms with Gasteiger partial charge in [-0.3, -0.25) is 0 Å². The molecule has 0 amide bonds. The zero-order chi connectivity index (χ0) is 21.5. The van der Waals surface area contributed by atoms with Crippen LogP contribution in [0.4, 0.5) is 0 Å². The van der Waals surface area contributed by atoms with Crippen LogP contribution in [0, 0.1) is 20.8 Å². The van der Waals surface area contributed by atoms with Crippen molar-refractivity contribution in [1.29, 1.82) is 0 Å². The number of benzene rings is 2. The van der Waals surface area contributed by atoms with E-state index in [1.165, 1.54) is 0 Å². The van der Waals surface area contributed by atoms with Crippen molar-refractivity contribution in [3.8, 4) is 11.6 Å². The summed E-state index contributed by atoms with van der Waals surface area (Å²) < 4.78 is 43.9. The van der Waals surface area contributed by atoms with Crippen molar-refractivity contribution < 1.29 is 22.4 Å². The number of fused-ring (bicyclic) bond motifs is 1. The Bertz CT molecular complexity index is 1300. The molecule has 0 N–H and O–H groups in total. The standard InChI is InChI=1S/C21H21N3O5S/c1-13-5-8-17(9-6-13)30(25,26)24-20-10-7-16(27-4)11-18(20)21(22-24)28-12-19-14(2)23-29-15(19)3/h5-11H,12H2,1-4H3. The van der Waals surface area contributed by atoms with Crippen molar-refractivity contribution in [2.45, 2.75) is 32.3 Å². The molecule has 2 aromatic heterocycles. The Labute approximate surface area is 174 Å². The highest BCUT2D eigenvalue weighted by molar-refractivity contribution is 7.90. The zero-order valence-corrected chi connectivity index (χ0v) is 17.9. The lowest BCUT2D eigenvalue weighted by Gasteiger charge is -2.06. The minimum absolute atomic E-state index is 0.144. The molecule has 0 unspecified atom stereocenters. The van der Waals surface area contributed by atoms with Crippen LogP contribution in [-0.4, -0.2) is 29.9 Å². The summed E-state index contributed by atoms with van der Waals surface area (Å²) in [6.07, 6.45) is 0. The van der Waals surface area contributed by atoms with Gasteiger partial charge in [-0.05, 0) is 51.1 Å². The molecule has 0 radical (unpaired) electrons. The van der Waals surface area contributed by atoms with E-state index in [0.717, 1.165) is 15.2 Å². The molecule has 0 fully saturated rings. The van der Waals surface area contributed by atoms with Crippen LogP contribution >= 0.6 is 0 Å². The molecule has 0 saturated heterocycles. The van der Waals surface area contributed by atoms with Crippen LogP contribution in [0.15, 0.2) is 51.9 Å². The molecule has 4 aromatic rings. The fourth-order valence-corrected chi connectivity index (χ4v) is 4.40. The molecule has 0 bridgehead atoms. The summed E-state index contributed by atoms with van der Waals surface area (Å²) in [5, 5.41) is 8.73. The molecule has 156 valence electrons.